The number of hydrogen-bond acceptors (Lipinski definition) is 3. The first-order valence-electron chi connectivity index (χ1n) is 8.19. The topological polar surface area (TPSA) is 63.0 Å². The number of methoxy groups -OCH3 is 1. The Bertz CT molecular complexity index is 641. The summed E-state index contributed by atoms with van der Waals surface area (Å²) < 4.78 is 7.12. The minimum atomic E-state index is 0. The summed E-state index contributed by atoms with van der Waals surface area (Å²) in [7, 11) is 1.71. The molecule has 0 spiro atoms. The van der Waals surface area contributed by atoms with Crippen LogP contribution in [-0.2, 0) is 11.2 Å². The quantitative estimate of drug-likeness (QED) is 0.284. The molecule has 2 aromatic heterocycles. The van der Waals surface area contributed by atoms with Crippen molar-refractivity contribution in [3.63, 3.8) is 0 Å². The predicted molar refractivity (Wildman–Crippen MR) is 110 cm³/mol. The lowest BCUT2D eigenvalue weighted by Gasteiger charge is -2.10. The molecule has 0 fully saturated rings. The lowest BCUT2D eigenvalue weighted by Crippen LogP contribution is -2.38. The molecule has 0 unspecified atom stereocenters. The second-order valence-corrected chi connectivity index (χ2v) is 5.44. The highest BCUT2D eigenvalue weighted by atomic mass is 127. The van der Waals surface area contributed by atoms with Crippen molar-refractivity contribution in [2.75, 3.05) is 33.4 Å². The fourth-order valence-corrected chi connectivity index (χ4v) is 2.38. The van der Waals surface area contributed by atoms with Gasteiger partial charge in [0.2, 0.25) is 0 Å². The minimum absolute atomic E-state index is 0. The molecule has 0 saturated carbocycles. The van der Waals surface area contributed by atoms with Gasteiger partial charge in [-0.3, -0.25) is 4.99 Å². The summed E-state index contributed by atoms with van der Waals surface area (Å²) in [5, 5.41) is 6.61. The molecule has 0 saturated heterocycles. The maximum Gasteiger partial charge on any atom is 0.191 e. The van der Waals surface area contributed by atoms with E-state index in [-0.39, 0.29) is 24.0 Å². The van der Waals surface area contributed by atoms with Crippen LogP contribution in [0.25, 0.3) is 5.65 Å². The number of ether oxygens (including phenoxy) is 1. The van der Waals surface area contributed by atoms with Gasteiger partial charge in [-0.2, -0.15) is 0 Å². The van der Waals surface area contributed by atoms with E-state index in [1.165, 1.54) is 5.56 Å². The molecular weight excluding hydrogens is 417 g/mol. The first-order chi connectivity index (χ1) is 11.2. The number of halogens is 1. The molecule has 0 atom stereocenters. The molecule has 2 heterocycles. The van der Waals surface area contributed by atoms with E-state index in [1.54, 1.807) is 7.11 Å². The molecule has 24 heavy (non-hydrogen) atoms. The first kappa shape index (κ1) is 20.7. The monoisotopic (exact) mass is 445 g/mol. The van der Waals surface area contributed by atoms with Crippen molar-refractivity contribution in [2.45, 2.75) is 26.7 Å². The van der Waals surface area contributed by atoms with Crippen LogP contribution in [0, 0.1) is 6.92 Å². The third kappa shape index (κ3) is 6.27. The van der Waals surface area contributed by atoms with Crippen LogP contribution in [0.1, 0.15) is 24.6 Å². The van der Waals surface area contributed by atoms with Gasteiger partial charge in [0.05, 0.1) is 5.69 Å². The molecule has 0 amide bonds. The van der Waals surface area contributed by atoms with Crippen LogP contribution >= 0.6 is 24.0 Å². The van der Waals surface area contributed by atoms with Gasteiger partial charge in [0.15, 0.2) is 5.96 Å². The van der Waals surface area contributed by atoms with E-state index in [0.29, 0.717) is 0 Å². The van der Waals surface area contributed by atoms with Crippen molar-refractivity contribution in [1.82, 2.24) is 20.0 Å². The zero-order valence-corrected chi connectivity index (χ0v) is 17.0. The van der Waals surface area contributed by atoms with Crippen LogP contribution < -0.4 is 10.6 Å². The molecule has 0 aliphatic carbocycles. The number of aliphatic imine (C=N–C) groups is 1. The number of aryl methyl sites for hydroxylation is 1. The highest BCUT2D eigenvalue weighted by molar-refractivity contribution is 14.0. The number of nitrogens with zero attached hydrogens (tertiary/aromatic N) is 3. The van der Waals surface area contributed by atoms with E-state index in [9.17, 15) is 0 Å². The van der Waals surface area contributed by atoms with E-state index in [2.05, 4.69) is 51.1 Å². The van der Waals surface area contributed by atoms with Gasteiger partial charge in [0, 0.05) is 52.2 Å². The Kier molecular flexibility index (Phi) is 9.70. The van der Waals surface area contributed by atoms with E-state index in [1.807, 2.05) is 12.3 Å². The zero-order chi connectivity index (χ0) is 16.5. The molecule has 2 aromatic rings. The number of aromatic nitrogens is 2. The van der Waals surface area contributed by atoms with Crippen molar-refractivity contribution in [2.24, 2.45) is 4.99 Å². The second-order valence-electron chi connectivity index (χ2n) is 5.44. The third-order valence-corrected chi connectivity index (χ3v) is 3.52. The van der Waals surface area contributed by atoms with Crippen molar-refractivity contribution in [3.05, 3.63) is 35.8 Å². The molecule has 2 N–H and O–H groups in total. The third-order valence-electron chi connectivity index (χ3n) is 3.52. The van der Waals surface area contributed by atoms with Crippen molar-refractivity contribution >= 4 is 35.6 Å². The lowest BCUT2D eigenvalue weighted by molar-refractivity contribution is 0.197. The van der Waals surface area contributed by atoms with Gasteiger partial charge in [-0.1, -0.05) is 6.07 Å². The number of imidazole rings is 1. The van der Waals surface area contributed by atoms with Gasteiger partial charge in [0.1, 0.15) is 5.65 Å². The first-order valence-corrected chi connectivity index (χ1v) is 8.19. The highest BCUT2D eigenvalue weighted by Crippen LogP contribution is 2.09. The Hall–Kier alpha value is -1.35. The average molecular weight is 445 g/mol. The molecule has 134 valence electrons. The molecule has 0 aliphatic heterocycles. The summed E-state index contributed by atoms with van der Waals surface area (Å²) in [6.07, 6.45) is 5.92. The molecule has 0 radical (unpaired) electrons. The van der Waals surface area contributed by atoms with Gasteiger partial charge in [0.25, 0.3) is 0 Å². The Labute approximate surface area is 161 Å². The van der Waals surface area contributed by atoms with Gasteiger partial charge in [-0.25, -0.2) is 4.98 Å². The van der Waals surface area contributed by atoms with E-state index < -0.39 is 0 Å². The Morgan fingerprint density at radius 1 is 1.38 bits per heavy atom. The molecular formula is C17H28IN5O. The van der Waals surface area contributed by atoms with Gasteiger partial charge < -0.3 is 19.8 Å². The van der Waals surface area contributed by atoms with Crippen LogP contribution in [0.2, 0.25) is 0 Å². The summed E-state index contributed by atoms with van der Waals surface area (Å²) in [6.45, 7) is 7.31. The molecule has 2 rings (SSSR count). The Morgan fingerprint density at radius 2 is 2.21 bits per heavy atom. The molecule has 7 heteroatoms. The van der Waals surface area contributed by atoms with Gasteiger partial charge in [-0.05, 0) is 31.9 Å². The number of rotatable bonds is 8. The normalized spacial score (nSPS) is 11.4. The highest BCUT2D eigenvalue weighted by Gasteiger charge is 2.04. The minimum Gasteiger partial charge on any atom is -0.385 e. The number of hydrogen-bond donors (Lipinski definition) is 2. The number of fused-ring (bicyclic) bond motifs is 1. The van der Waals surface area contributed by atoms with Crippen LogP contribution in [0.15, 0.2) is 29.5 Å². The number of pyridine rings is 1. The zero-order valence-electron chi connectivity index (χ0n) is 14.7. The maximum absolute atomic E-state index is 5.04. The summed E-state index contributed by atoms with van der Waals surface area (Å²) in [5.41, 5.74) is 3.31. The van der Waals surface area contributed by atoms with Gasteiger partial charge in [-0.15, -0.1) is 24.0 Å². The summed E-state index contributed by atoms with van der Waals surface area (Å²) in [5.74, 6) is 0.851. The SMILES string of the molecule is CCNC(=NCCCOC)NCCc1cn2cccc(C)c2n1.I. The molecule has 6 nitrogen and oxygen atoms in total. The van der Waals surface area contributed by atoms with Crippen LogP contribution in [-0.4, -0.2) is 48.7 Å². The number of nitrogens with one attached hydrogen (secondary N) is 2. The fourth-order valence-electron chi connectivity index (χ4n) is 2.38. The number of guanidine groups is 1. The molecule has 0 aromatic carbocycles. The largest absolute Gasteiger partial charge is 0.385 e. The second kappa shape index (κ2) is 11.2. The Morgan fingerprint density at radius 3 is 2.92 bits per heavy atom. The predicted octanol–water partition coefficient (Wildman–Crippen LogP) is 2.39. The maximum atomic E-state index is 5.04. The standard InChI is InChI=1S/C17H27N5O.HI/c1-4-18-17(19-9-6-12-23-3)20-10-8-15-13-22-11-5-7-14(2)16(22)21-15;/h5,7,11,13H,4,6,8-10,12H2,1-3H3,(H2,18,19,20);1H. The molecule has 0 aliphatic rings. The summed E-state index contributed by atoms with van der Waals surface area (Å²) >= 11 is 0. The van der Waals surface area contributed by atoms with E-state index >= 15 is 0 Å². The Balaban J connectivity index is 0.00000288. The molecule has 0 bridgehead atoms. The van der Waals surface area contributed by atoms with Crippen molar-refractivity contribution < 1.29 is 4.74 Å². The van der Waals surface area contributed by atoms with Gasteiger partial charge >= 0.3 is 0 Å². The van der Waals surface area contributed by atoms with Crippen molar-refractivity contribution in [1.29, 1.82) is 0 Å². The van der Waals surface area contributed by atoms with Crippen LogP contribution in [0.5, 0.6) is 0 Å². The lowest BCUT2D eigenvalue weighted by atomic mass is 10.3. The fraction of sp³-hybridized carbons (Fsp3) is 0.529. The van der Waals surface area contributed by atoms with Crippen LogP contribution in [0.3, 0.4) is 0 Å². The van der Waals surface area contributed by atoms with Crippen LogP contribution in [0.4, 0.5) is 0 Å². The summed E-state index contributed by atoms with van der Waals surface area (Å²) in [6, 6.07) is 4.13. The average Bonchev–Trinajstić information content (AvgIpc) is 2.96. The van der Waals surface area contributed by atoms with Crippen molar-refractivity contribution in [3.8, 4) is 0 Å². The van der Waals surface area contributed by atoms with E-state index in [4.69, 9.17) is 4.74 Å². The van der Waals surface area contributed by atoms with E-state index in [0.717, 1.165) is 56.4 Å². The smallest absolute Gasteiger partial charge is 0.191 e. The summed E-state index contributed by atoms with van der Waals surface area (Å²) in [4.78, 5) is 9.22.